The number of hydrogen-bond donors (Lipinski definition) is 1. The monoisotopic (exact) mass is 349 g/mol. The van der Waals surface area contributed by atoms with Gasteiger partial charge in [0, 0.05) is 6.26 Å². The van der Waals surface area contributed by atoms with E-state index in [-0.39, 0.29) is 0 Å². The Labute approximate surface area is 127 Å². The summed E-state index contributed by atoms with van der Waals surface area (Å²) in [7, 11) is -1.15. The first kappa shape index (κ1) is 13.3. The quantitative estimate of drug-likeness (QED) is 0.786. The van der Waals surface area contributed by atoms with Gasteiger partial charge in [0.1, 0.15) is 16.8 Å². The molecule has 0 saturated carbocycles. The molecule has 102 valence electrons. The van der Waals surface area contributed by atoms with Gasteiger partial charge in [0.05, 0.1) is 16.2 Å². The van der Waals surface area contributed by atoms with Crippen molar-refractivity contribution < 1.29 is 4.21 Å². The van der Waals surface area contributed by atoms with Gasteiger partial charge >= 0.3 is 0 Å². The Morgan fingerprint density at radius 3 is 2.65 bits per heavy atom. The first-order chi connectivity index (χ1) is 9.65. The number of hydrogen-bond acceptors (Lipinski definition) is 2. The Kier molecular flexibility index (Phi) is 3.58. The molecular weight excluding hydrogens is 338 g/mol. The van der Waals surface area contributed by atoms with E-state index in [0.29, 0.717) is 5.82 Å². The van der Waals surface area contributed by atoms with Crippen LogP contribution in [0.15, 0.2) is 53.1 Å². The second-order valence-corrected chi connectivity index (χ2v) is 6.31. The molecule has 3 aromatic rings. The normalized spacial score (nSPS) is 12.5. The minimum atomic E-state index is -1.15. The van der Waals surface area contributed by atoms with E-state index in [1.165, 1.54) is 0 Å². The van der Waals surface area contributed by atoms with Crippen LogP contribution in [0.1, 0.15) is 0 Å². The molecular formula is C14H12BrN3OS. The molecule has 1 N–H and O–H groups in total. The summed E-state index contributed by atoms with van der Waals surface area (Å²) in [6, 6.07) is 14.1. The molecule has 0 amide bonds. The number of benzene rings is 1. The maximum absolute atomic E-state index is 11.5. The number of halogens is 1. The van der Waals surface area contributed by atoms with Gasteiger partial charge in [-0.05, 0) is 39.2 Å². The van der Waals surface area contributed by atoms with Gasteiger partial charge in [0.25, 0.3) is 0 Å². The van der Waals surface area contributed by atoms with E-state index in [0.717, 1.165) is 21.1 Å². The third-order valence-corrected chi connectivity index (χ3v) is 4.04. The second kappa shape index (κ2) is 5.38. The van der Waals surface area contributed by atoms with Gasteiger partial charge in [-0.25, -0.2) is 8.72 Å². The SMILES string of the molecule is CS(=O)Nc1cc(-c2ccccc2)cc2c(Br)cnn12. The third kappa shape index (κ3) is 2.48. The molecule has 0 aliphatic rings. The van der Waals surface area contributed by atoms with E-state index in [4.69, 9.17) is 0 Å². The van der Waals surface area contributed by atoms with E-state index >= 15 is 0 Å². The van der Waals surface area contributed by atoms with Crippen LogP contribution in [0, 0.1) is 0 Å². The van der Waals surface area contributed by atoms with E-state index in [9.17, 15) is 4.21 Å². The van der Waals surface area contributed by atoms with Gasteiger partial charge in [0.15, 0.2) is 0 Å². The molecule has 0 saturated heterocycles. The molecule has 0 spiro atoms. The summed E-state index contributed by atoms with van der Waals surface area (Å²) >= 11 is 3.49. The van der Waals surface area contributed by atoms with E-state index in [1.54, 1.807) is 17.0 Å². The smallest absolute Gasteiger partial charge is 0.140 e. The van der Waals surface area contributed by atoms with Crippen molar-refractivity contribution in [3.63, 3.8) is 0 Å². The number of nitrogens with one attached hydrogen (secondary N) is 1. The summed E-state index contributed by atoms with van der Waals surface area (Å²) in [5, 5.41) is 4.28. The number of fused-ring (bicyclic) bond motifs is 1. The van der Waals surface area contributed by atoms with Crippen molar-refractivity contribution in [2.75, 3.05) is 11.0 Å². The fourth-order valence-electron chi connectivity index (χ4n) is 2.07. The number of rotatable bonds is 3. The fraction of sp³-hybridized carbons (Fsp3) is 0.0714. The van der Waals surface area contributed by atoms with Crippen LogP contribution in [0.3, 0.4) is 0 Å². The lowest BCUT2D eigenvalue weighted by atomic mass is 10.1. The Morgan fingerprint density at radius 2 is 1.95 bits per heavy atom. The molecule has 0 radical (unpaired) electrons. The molecule has 0 aliphatic heterocycles. The van der Waals surface area contributed by atoms with Crippen molar-refractivity contribution in [3.05, 3.63) is 53.1 Å². The number of nitrogens with zero attached hydrogens (tertiary/aromatic N) is 2. The van der Waals surface area contributed by atoms with Gasteiger partial charge in [-0.2, -0.15) is 5.10 Å². The van der Waals surface area contributed by atoms with Gasteiger partial charge in [0.2, 0.25) is 0 Å². The zero-order chi connectivity index (χ0) is 14.1. The lowest BCUT2D eigenvalue weighted by Crippen LogP contribution is -2.06. The minimum Gasteiger partial charge on any atom is -0.290 e. The standard InChI is InChI=1S/C14H12BrN3OS/c1-20(19)17-14-8-11(10-5-3-2-4-6-10)7-13-12(15)9-16-18(13)14/h2-9,17H,1H3. The minimum absolute atomic E-state index is 0.702. The van der Waals surface area contributed by atoms with E-state index < -0.39 is 11.0 Å². The van der Waals surface area contributed by atoms with Crippen LogP contribution in [0.4, 0.5) is 5.82 Å². The van der Waals surface area contributed by atoms with Gasteiger partial charge in [-0.1, -0.05) is 30.3 Å². The molecule has 4 nitrogen and oxygen atoms in total. The maximum atomic E-state index is 11.5. The molecule has 0 fully saturated rings. The van der Waals surface area contributed by atoms with Crippen molar-refractivity contribution >= 4 is 38.3 Å². The zero-order valence-corrected chi connectivity index (χ0v) is 13.1. The van der Waals surface area contributed by atoms with Crippen LogP contribution in [0.5, 0.6) is 0 Å². The first-order valence-corrected chi connectivity index (χ1v) is 8.33. The van der Waals surface area contributed by atoms with Crippen LogP contribution in [0.25, 0.3) is 16.6 Å². The summed E-state index contributed by atoms with van der Waals surface area (Å²) < 4.78 is 17.0. The predicted molar refractivity (Wildman–Crippen MR) is 86.0 cm³/mol. The average molecular weight is 350 g/mol. The van der Waals surface area contributed by atoms with Crippen molar-refractivity contribution in [2.24, 2.45) is 0 Å². The highest BCUT2D eigenvalue weighted by molar-refractivity contribution is 9.10. The Bertz CT molecular complexity index is 786. The van der Waals surface area contributed by atoms with Crippen molar-refractivity contribution in [2.45, 2.75) is 0 Å². The van der Waals surface area contributed by atoms with Gasteiger partial charge in [-0.3, -0.25) is 4.72 Å². The first-order valence-electron chi connectivity index (χ1n) is 5.98. The molecule has 3 rings (SSSR count). The second-order valence-electron chi connectivity index (χ2n) is 4.34. The highest BCUT2D eigenvalue weighted by Gasteiger charge is 2.10. The van der Waals surface area contributed by atoms with Crippen LogP contribution in [0.2, 0.25) is 0 Å². The molecule has 6 heteroatoms. The largest absolute Gasteiger partial charge is 0.290 e. The summed E-state index contributed by atoms with van der Waals surface area (Å²) in [4.78, 5) is 0. The summed E-state index contributed by atoms with van der Waals surface area (Å²) in [5.74, 6) is 0.702. The van der Waals surface area contributed by atoms with Gasteiger partial charge in [-0.15, -0.1) is 0 Å². The number of anilines is 1. The number of aromatic nitrogens is 2. The summed E-state index contributed by atoms with van der Waals surface area (Å²) in [6.45, 7) is 0. The number of pyridine rings is 1. The van der Waals surface area contributed by atoms with Crippen molar-refractivity contribution in [1.82, 2.24) is 9.61 Å². The highest BCUT2D eigenvalue weighted by atomic mass is 79.9. The predicted octanol–water partition coefficient (Wildman–Crippen LogP) is 3.47. The van der Waals surface area contributed by atoms with Crippen molar-refractivity contribution in [1.29, 1.82) is 0 Å². The molecule has 1 aromatic carbocycles. The van der Waals surface area contributed by atoms with Crippen LogP contribution in [-0.4, -0.2) is 20.1 Å². The van der Waals surface area contributed by atoms with Crippen molar-refractivity contribution in [3.8, 4) is 11.1 Å². The topological polar surface area (TPSA) is 46.4 Å². The van der Waals surface area contributed by atoms with Crippen LogP contribution in [-0.2, 0) is 11.0 Å². The Balaban J connectivity index is 2.24. The molecule has 0 aliphatic carbocycles. The molecule has 2 aromatic heterocycles. The van der Waals surface area contributed by atoms with Gasteiger partial charge < -0.3 is 0 Å². The molecule has 2 heterocycles. The molecule has 1 unspecified atom stereocenters. The molecule has 20 heavy (non-hydrogen) atoms. The third-order valence-electron chi connectivity index (χ3n) is 2.93. The molecule has 0 bridgehead atoms. The molecule has 1 atom stereocenters. The van der Waals surface area contributed by atoms with Crippen LogP contribution < -0.4 is 4.72 Å². The lowest BCUT2D eigenvalue weighted by Gasteiger charge is -2.09. The maximum Gasteiger partial charge on any atom is 0.140 e. The zero-order valence-electron chi connectivity index (χ0n) is 10.7. The lowest BCUT2D eigenvalue weighted by molar-refractivity contribution is 0.689. The Morgan fingerprint density at radius 1 is 1.20 bits per heavy atom. The van der Waals surface area contributed by atoms with Crippen LogP contribution >= 0.6 is 15.9 Å². The van der Waals surface area contributed by atoms with E-state index in [1.807, 2.05) is 36.4 Å². The Hall–Kier alpha value is -1.66. The van der Waals surface area contributed by atoms with E-state index in [2.05, 4.69) is 31.8 Å². The summed E-state index contributed by atoms with van der Waals surface area (Å²) in [6.07, 6.45) is 3.33. The average Bonchev–Trinajstić information content (AvgIpc) is 2.81. The highest BCUT2D eigenvalue weighted by Crippen LogP contribution is 2.28. The summed E-state index contributed by atoms with van der Waals surface area (Å²) in [5.41, 5.74) is 3.08. The fourth-order valence-corrected chi connectivity index (χ4v) is 2.89.